The van der Waals surface area contributed by atoms with Crippen LogP contribution in [0.25, 0.3) is 5.57 Å². The van der Waals surface area contributed by atoms with E-state index < -0.39 is 5.97 Å². The van der Waals surface area contributed by atoms with Crippen LogP contribution in [0.15, 0.2) is 28.8 Å². The van der Waals surface area contributed by atoms with Crippen LogP contribution in [0.1, 0.15) is 18.1 Å². The summed E-state index contributed by atoms with van der Waals surface area (Å²) in [6.07, 6.45) is 0. The van der Waals surface area contributed by atoms with Gasteiger partial charge in [-0.15, -0.1) is 0 Å². The van der Waals surface area contributed by atoms with Crippen LogP contribution in [0.3, 0.4) is 0 Å². The summed E-state index contributed by atoms with van der Waals surface area (Å²) in [5.74, 6) is -0.508. The van der Waals surface area contributed by atoms with Crippen molar-refractivity contribution in [3.8, 4) is 0 Å². The number of carbonyl (C=O) groups excluding carboxylic acids is 1. The first-order valence-electron chi connectivity index (χ1n) is 4.85. The molecule has 0 spiro atoms. The zero-order chi connectivity index (χ0) is 12.1. The van der Waals surface area contributed by atoms with Crippen molar-refractivity contribution in [2.45, 2.75) is 13.8 Å². The molecule has 0 aliphatic carbocycles. The number of aryl methyl sites for hydroxylation is 1. The third-order valence-electron chi connectivity index (χ3n) is 2.01. The van der Waals surface area contributed by atoms with E-state index in [2.05, 4.69) is 0 Å². The molecule has 16 heavy (non-hydrogen) atoms. The average molecular weight is 259 g/mol. The maximum atomic E-state index is 11.6. The van der Waals surface area contributed by atoms with E-state index in [-0.39, 0.29) is 16.7 Å². The molecule has 0 fully saturated rings. The molecule has 1 aromatic rings. The molecular formula is C12H12Cl2O2. The van der Waals surface area contributed by atoms with Crippen molar-refractivity contribution >= 4 is 34.7 Å². The van der Waals surface area contributed by atoms with Crippen molar-refractivity contribution in [3.63, 3.8) is 0 Å². The summed E-state index contributed by atoms with van der Waals surface area (Å²) in [5, 5.41) is 0. The van der Waals surface area contributed by atoms with Crippen molar-refractivity contribution in [1.29, 1.82) is 0 Å². The molecule has 1 aromatic carbocycles. The minimum absolute atomic E-state index is 0.0812. The molecule has 0 bridgehead atoms. The molecule has 0 aliphatic heterocycles. The number of hydrogen-bond acceptors (Lipinski definition) is 2. The fourth-order valence-electron chi connectivity index (χ4n) is 1.23. The van der Waals surface area contributed by atoms with Gasteiger partial charge in [0.05, 0.1) is 12.2 Å². The molecule has 0 N–H and O–H groups in total. The molecular weight excluding hydrogens is 247 g/mol. The van der Waals surface area contributed by atoms with Gasteiger partial charge in [0.25, 0.3) is 0 Å². The molecule has 0 heterocycles. The lowest BCUT2D eigenvalue weighted by molar-refractivity contribution is -0.136. The molecule has 0 unspecified atom stereocenters. The largest absolute Gasteiger partial charge is 0.462 e. The van der Waals surface area contributed by atoms with E-state index in [9.17, 15) is 4.79 Å². The third-order valence-corrected chi connectivity index (χ3v) is 2.39. The summed E-state index contributed by atoms with van der Waals surface area (Å²) >= 11 is 11.4. The molecule has 4 heteroatoms. The van der Waals surface area contributed by atoms with Crippen LogP contribution in [-0.2, 0) is 9.53 Å². The van der Waals surface area contributed by atoms with Gasteiger partial charge in [-0.3, -0.25) is 0 Å². The molecule has 0 saturated heterocycles. The minimum atomic E-state index is -0.508. The van der Waals surface area contributed by atoms with Crippen LogP contribution in [0.2, 0.25) is 0 Å². The van der Waals surface area contributed by atoms with E-state index >= 15 is 0 Å². The summed E-state index contributed by atoms with van der Waals surface area (Å²) < 4.78 is 4.80. The van der Waals surface area contributed by atoms with Crippen molar-refractivity contribution < 1.29 is 9.53 Å². The first-order chi connectivity index (χ1) is 7.56. The van der Waals surface area contributed by atoms with Crippen molar-refractivity contribution in [2.75, 3.05) is 6.61 Å². The average Bonchev–Trinajstić information content (AvgIpc) is 2.21. The first kappa shape index (κ1) is 13.1. The fraction of sp³-hybridized carbons (Fsp3) is 0.250. The van der Waals surface area contributed by atoms with E-state index in [1.165, 1.54) is 0 Å². The summed E-state index contributed by atoms with van der Waals surface area (Å²) in [4.78, 5) is 11.6. The highest BCUT2D eigenvalue weighted by Gasteiger charge is 2.16. The monoisotopic (exact) mass is 258 g/mol. The smallest absolute Gasteiger partial charge is 0.341 e. The van der Waals surface area contributed by atoms with Crippen LogP contribution in [0, 0.1) is 6.92 Å². The van der Waals surface area contributed by atoms with Gasteiger partial charge in [0.1, 0.15) is 4.49 Å². The molecule has 0 saturated carbocycles. The highest BCUT2D eigenvalue weighted by atomic mass is 35.5. The van der Waals surface area contributed by atoms with Gasteiger partial charge in [0, 0.05) is 0 Å². The van der Waals surface area contributed by atoms with Gasteiger partial charge in [-0.2, -0.15) is 0 Å². The Bertz CT molecular complexity index is 404. The van der Waals surface area contributed by atoms with Crippen molar-refractivity contribution in [2.24, 2.45) is 0 Å². The molecule has 0 aliphatic rings. The zero-order valence-corrected chi connectivity index (χ0v) is 10.6. The number of ether oxygens (including phenoxy) is 1. The fourth-order valence-corrected chi connectivity index (χ4v) is 1.60. The lowest BCUT2D eigenvalue weighted by Gasteiger charge is -2.07. The van der Waals surface area contributed by atoms with Gasteiger partial charge < -0.3 is 4.74 Å². The predicted octanol–water partition coefficient (Wildman–Crippen LogP) is 3.70. The summed E-state index contributed by atoms with van der Waals surface area (Å²) in [5.41, 5.74) is 1.95. The number of hydrogen-bond donors (Lipinski definition) is 0. The Hall–Kier alpha value is -0.990. The van der Waals surface area contributed by atoms with Crippen molar-refractivity contribution in [3.05, 3.63) is 39.9 Å². The lowest BCUT2D eigenvalue weighted by atomic mass is 10.1. The first-order valence-corrected chi connectivity index (χ1v) is 5.61. The Balaban J connectivity index is 3.10. The van der Waals surface area contributed by atoms with E-state index in [0.717, 1.165) is 5.56 Å². The Morgan fingerprint density at radius 3 is 2.25 bits per heavy atom. The topological polar surface area (TPSA) is 26.3 Å². The van der Waals surface area contributed by atoms with Crippen LogP contribution < -0.4 is 0 Å². The Labute approximate surface area is 105 Å². The van der Waals surface area contributed by atoms with Crippen LogP contribution in [-0.4, -0.2) is 12.6 Å². The normalized spacial score (nSPS) is 9.75. The SMILES string of the molecule is CCOC(=O)C(=C(Cl)Cl)c1ccc(C)cc1. The highest BCUT2D eigenvalue weighted by molar-refractivity contribution is 6.61. The summed E-state index contributed by atoms with van der Waals surface area (Å²) in [7, 11) is 0. The zero-order valence-electron chi connectivity index (χ0n) is 9.09. The van der Waals surface area contributed by atoms with E-state index in [1.807, 2.05) is 19.1 Å². The molecule has 86 valence electrons. The molecule has 0 aromatic heterocycles. The van der Waals surface area contributed by atoms with Gasteiger partial charge in [-0.1, -0.05) is 53.0 Å². The number of benzene rings is 1. The summed E-state index contributed by atoms with van der Waals surface area (Å²) in [6, 6.07) is 7.33. The van der Waals surface area contributed by atoms with Crippen LogP contribution in [0.4, 0.5) is 0 Å². The van der Waals surface area contributed by atoms with E-state index in [4.69, 9.17) is 27.9 Å². The van der Waals surface area contributed by atoms with Gasteiger partial charge in [-0.25, -0.2) is 4.79 Å². The lowest BCUT2D eigenvalue weighted by Crippen LogP contribution is -2.07. The second-order valence-corrected chi connectivity index (χ2v) is 4.17. The molecule has 0 radical (unpaired) electrons. The van der Waals surface area contributed by atoms with Gasteiger partial charge >= 0.3 is 5.97 Å². The second kappa shape index (κ2) is 5.92. The maximum Gasteiger partial charge on any atom is 0.341 e. The summed E-state index contributed by atoms with van der Waals surface area (Å²) in [6.45, 7) is 3.97. The van der Waals surface area contributed by atoms with Gasteiger partial charge in [0.15, 0.2) is 0 Å². The predicted molar refractivity (Wildman–Crippen MR) is 66.4 cm³/mol. The van der Waals surface area contributed by atoms with Gasteiger partial charge in [0.2, 0.25) is 0 Å². The van der Waals surface area contributed by atoms with E-state index in [1.54, 1.807) is 19.1 Å². The molecule has 0 atom stereocenters. The maximum absolute atomic E-state index is 11.6. The van der Waals surface area contributed by atoms with Crippen molar-refractivity contribution in [1.82, 2.24) is 0 Å². The Kier molecular flexibility index (Phi) is 4.84. The number of halogens is 2. The molecule has 1 rings (SSSR count). The number of rotatable bonds is 3. The Morgan fingerprint density at radius 1 is 1.25 bits per heavy atom. The third kappa shape index (κ3) is 3.26. The van der Waals surface area contributed by atoms with Crippen LogP contribution in [0.5, 0.6) is 0 Å². The quantitative estimate of drug-likeness (QED) is 0.611. The second-order valence-electron chi connectivity index (χ2n) is 3.22. The minimum Gasteiger partial charge on any atom is -0.462 e. The Morgan fingerprint density at radius 2 is 1.81 bits per heavy atom. The van der Waals surface area contributed by atoms with E-state index in [0.29, 0.717) is 5.56 Å². The molecule has 2 nitrogen and oxygen atoms in total. The molecule has 0 amide bonds. The van der Waals surface area contributed by atoms with Gasteiger partial charge in [-0.05, 0) is 19.4 Å². The number of carbonyl (C=O) groups is 1. The van der Waals surface area contributed by atoms with Crippen LogP contribution >= 0.6 is 23.2 Å². The standard InChI is InChI=1S/C12H12Cl2O2/c1-3-16-12(15)10(11(13)14)9-6-4-8(2)5-7-9/h4-7H,3H2,1-2H3. The highest BCUT2D eigenvalue weighted by Crippen LogP contribution is 2.25. The number of esters is 1.